The van der Waals surface area contributed by atoms with E-state index in [1.807, 2.05) is 6.92 Å². The fourth-order valence-corrected chi connectivity index (χ4v) is 2.20. The number of ether oxygens (including phenoxy) is 2. The Balaban J connectivity index is 2.27. The van der Waals surface area contributed by atoms with Crippen LogP contribution < -0.4 is 9.47 Å². The zero-order valence-corrected chi connectivity index (χ0v) is 15.2. The van der Waals surface area contributed by atoms with Crippen molar-refractivity contribution >= 4 is 18.4 Å². The van der Waals surface area contributed by atoms with Crippen molar-refractivity contribution in [3.8, 4) is 11.5 Å². The van der Waals surface area contributed by atoms with Crippen LogP contribution in [0.3, 0.4) is 0 Å². The third-order valence-corrected chi connectivity index (χ3v) is 3.51. The molecule has 6 nitrogen and oxygen atoms in total. The van der Waals surface area contributed by atoms with Crippen molar-refractivity contribution in [3.63, 3.8) is 0 Å². The molecule has 0 radical (unpaired) electrons. The maximum Gasteiger partial charge on any atom is 0.453 e. The molecule has 1 N–H and O–H groups in total. The number of benzene rings is 1. The first-order valence-corrected chi connectivity index (χ1v) is 8.46. The van der Waals surface area contributed by atoms with Crippen LogP contribution in [0.5, 0.6) is 11.5 Å². The number of alkyl halides is 3. The molecular weight excluding hydrogens is 369 g/mol. The monoisotopic (exact) mass is 388 g/mol. The summed E-state index contributed by atoms with van der Waals surface area (Å²) < 4.78 is 50.2. The molecule has 1 heterocycles. The van der Waals surface area contributed by atoms with Gasteiger partial charge in [-0.05, 0) is 49.3 Å². The van der Waals surface area contributed by atoms with Crippen LogP contribution >= 0.6 is 12.2 Å². The Labute approximate surface area is 153 Å². The minimum absolute atomic E-state index is 0.252. The quantitative estimate of drug-likeness (QED) is 0.413. The van der Waals surface area contributed by atoms with Gasteiger partial charge in [-0.2, -0.15) is 22.9 Å². The Morgan fingerprint density at radius 3 is 2.69 bits per heavy atom. The first-order chi connectivity index (χ1) is 12.4. The van der Waals surface area contributed by atoms with E-state index < -0.39 is 12.0 Å². The molecule has 0 fully saturated rings. The van der Waals surface area contributed by atoms with Gasteiger partial charge in [-0.15, -0.1) is 5.10 Å². The number of nitrogens with zero attached hydrogens (tertiary/aromatic N) is 3. The fraction of sp³-hybridized carbons (Fsp3) is 0.438. The van der Waals surface area contributed by atoms with Crippen LogP contribution in [0.4, 0.5) is 13.2 Å². The molecule has 0 aliphatic carbocycles. The molecule has 10 heteroatoms. The van der Waals surface area contributed by atoms with Gasteiger partial charge < -0.3 is 9.47 Å². The van der Waals surface area contributed by atoms with Crippen LogP contribution in [-0.4, -0.2) is 34.3 Å². The highest BCUT2D eigenvalue weighted by Gasteiger charge is 2.37. The molecule has 26 heavy (non-hydrogen) atoms. The van der Waals surface area contributed by atoms with Crippen LogP contribution in [0.25, 0.3) is 0 Å². The molecule has 0 aliphatic rings. The number of rotatable bonds is 8. The number of aromatic nitrogens is 3. The standard InChI is InChI=1S/C16H19F3N4O2S/c1-3-5-8-25-12-7-6-11(9-13(12)24-4-2)10-20-23-14(16(17,18)19)21-22-15(23)26/h6-7,9-10H,3-5,8H2,1-2H3,(H,22,26)/b20-10-. The zero-order valence-electron chi connectivity index (χ0n) is 14.3. The second kappa shape index (κ2) is 8.84. The van der Waals surface area contributed by atoms with Crippen LogP contribution in [0.2, 0.25) is 0 Å². The number of halogens is 3. The molecule has 142 valence electrons. The topological polar surface area (TPSA) is 64.4 Å². The lowest BCUT2D eigenvalue weighted by atomic mass is 10.2. The Kier molecular flexibility index (Phi) is 6.78. The van der Waals surface area contributed by atoms with E-state index in [0.717, 1.165) is 12.8 Å². The summed E-state index contributed by atoms with van der Waals surface area (Å²) in [5.74, 6) is -0.143. The number of hydrogen-bond acceptors (Lipinski definition) is 5. The minimum atomic E-state index is -4.67. The van der Waals surface area contributed by atoms with E-state index >= 15 is 0 Å². The van der Waals surface area contributed by atoms with E-state index in [2.05, 4.69) is 22.2 Å². The van der Waals surface area contributed by atoms with Gasteiger partial charge in [0.2, 0.25) is 4.77 Å². The van der Waals surface area contributed by atoms with Gasteiger partial charge in [0.1, 0.15) is 0 Å². The highest BCUT2D eigenvalue weighted by atomic mass is 32.1. The number of aromatic amines is 1. The van der Waals surface area contributed by atoms with Gasteiger partial charge in [-0.25, -0.2) is 5.10 Å². The van der Waals surface area contributed by atoms with Gasteiger partial charge >= 0.3 is 6.18 Å². The lowest BCUT2D eigenvalue weighted by Gasteiger charge is -2.12. The van der Waals surface area contributed by atoms with Gasteiger partial charge in [0, 0.05) is 0 Å². The van der Waals surface area contributed by atoms with Crippen LogP contribution in [0, 0.1) is 4.77 Å². The predicted octanol–water partition coefficient (Wildman–Crippen LogP) is 4.42. The molecular formula is C16H19F3N4O2S. The van der Waals surface area contributed by atoms with Crippen molar-refractivity contribution in [2.24, 2.45) is 5.10 Å². The van der Waals surface area contributed by atoms with Gasteiger partial charge in [0.25, 0.3) is 5.82 Å². The summed E-state index contributed by atoms with van der Waals surface area (Å²) in [5, 5.41) is 9.04. The van der Waals surface area contributed by atoms with Gasteiger partial charge in [0.15, 0.2) is 11.5 Å². The summed E-state index contributed by atoms with van der Waals surface area (Å²) in [4.78, 5) is 0. The summed E-state index contributed by atoms with van der Waals surface area (Å²) in [6.07, 6.45) is -1.51. The highest BCUT2D eigenvalue weighted by molar-refractivity contribution is 7.71. The third-order valence-electron chi connectivity index (χ3n) is 3.25. The fourth-order valence-electron chi connectivity index (χ4n) is 2.03. The molecule has 2 rings (SSSR count). The molecule has 2 aromatic rings. The number of H-pyrrole nitrogens is 1. The second-order valence-corrected chi connectivity index (χ2v) is 5.63. The molecule has 0 atom stereocenters. The Morgan fingerprint density at radius 2 is 2.04 bits per heavy atom. The Hall–Kier alpha value is -2.36. The Bertz CT molecular complexity index is 815. The normalized spacial score (nSPS) is 11.9. The zero-order chi connectivity index (χ0) is 19.2. The van der Waals surface area contributed by atoms with Gasteiger partial charge in [-0.1, -0.05) is 13.3 Å². The molecule has 0 spiro atoms. The largest absolute Gasteiger partial charge is 0.490 e. The van der Waals surface area contributed by atoms with Crippen LogP contribution in [0.15, 0.2) is 23.3 Å². The van der Waals surface area contributed by atoms with E-state index in [1.54, 1.807) is 18.2 Å². The van der Waals surface area contributed by atoms with E-state index in [9.17, 15) is 13.2 Å². The first-order valence-electron chi connectivity index (χ1n) is 8.05. The van der Waals surface area contributed by atoms with E-state index in [4.69, 9.17) is 21.7 Å². The lowest BCUT2D eigenvalue weighted by Crippen LogP contribution is -2.12. The highest BCUT2D eigenvalue weighted by Crippen LogP contribution is 2.29. The van der Waals surface area contributed by atoms with Gasteiger partial charge in [0.05, 0.1) is 19.4 Å². The van der Waals surface area contributed by atoms with E-state index in [1.165, 1.54) is 6.21 Å². The summed E-state index contributed by atoms with van der Waals surface area (Å²) in [5.41, 5.74) is 0.535. The SMILES string of the molecule is CCCCOc1ccc(/C=N\n2c(C(F)(F)F)n[nH]c2=S)cc1OCC. The Morgan fingerprint density at radius 1 is 1.27 bits per heavy atom. The van der Waals surface area contributed by atoms with E-state index in [-0.39, 0.29) is 4.77 Å². The smallest absolute Gasteiger partial charge is 0.453 e. The molecule has 0 aliphatic heterocycles. The summed E-state index contributed by atoms with van der Waals surface area (Å²) in [7, 11) is 0. The third kappa shape index (κ3) is 5.07. The van der Waals surface area contributed by atoms with Crippen molar-refractivity contribution in [2.75, 3.05) is 13.2 Å². The predicted molar refractivity (Wildman–Crippen MR) is 93.4 cm³/mol. The maximum absolute atomic E-state index is 12.9. The molecule has 0 unspecified atom stereocenters. The molecule has 0 bridgehead atoms. The van der Waals surface area contributed by atoms with Crippen molar-refractivity contribution in [2.45, 2.75) is 32.9 Å². The van der Waals surface area contributed by atoms with Gasteiger partial charge in [-0.3, -0.25) is 0 Å². The van der Waals surface area contributed by atoms with Crippen molar-refractivity contribution in [3.05, 3.63) is 34.4 Å². The number of hydrogen-bond donors (Lipinski definition) is 1. The summed E-state index contributed by atoms with van der Waals surface area (Å²) >= 11 is 4.79. The lowest BCUT2D eigenvalue weighted by molar-refractivity contribution is -0.147. The summed E-state index contributed by atoms with van der Waals surface area (Å²) in [6, 6.07) is 5.01. The van der Waals surface area contributed by atoms with Crippen LogP contribution in [-0.2, 0) is 6.18 Å². The minimum Gasteiger partial charge on any atom is -0.490 e. The average Bonchev–Trinajstić information content (AvgIpc) is 2.96. The molecule has 0 amide bonds. The second-order valence-electron chi connectivity index (χ2n) is 5.25. The van der Waals surface area contributed by atoms with Crippen molar-refractivity contribution in [1.29, 1.82) is 0 Å². The molecule has 0 saturated carbocycles. The number of nitrogens with one attached hydrogen (secondary N) is 1. The maximum atomic E-state index is 12.9. The summed E-state index contributed by atoms with van der Waals surface area (Å²) in [6.45, 7) is 4.87. The van der Waals surface area contributed by atoms with Crippen LogP contribution in [0.1, 0.15) is 38.1 Å². The molecule has 1 aromatic carbocycles. The number of unbranched alkanes of at least 4 members (excludes halogenated alkanes) is 1. The average molecular weight is 388 g/mol. The van der Waals surface area contributed by atoms with E-state index in [0.29, 0.717) is 35.0 Å². The first kappa shape index (κ1) is 20.0. The van der Waals surface area contributed by atoms with Crippen molar-refractivity contribution < 1.29 is 22.6 Å². The molecule has 0 saturated heterocycles. The van der Waals surface area contributed by atoms with Crippen molar-refractivity contribution in [1.82, 2.24) is 14.9 Å². The molecule has 1 aromatic heterocycles.